The minimum atomic E-state index is -4.76. The standard InChI is InChI=1S/C20H16F3NO/c1-12-9-10-24-11-15(12)13-6-4-8-17-18(13)14-5-2-3-7-16(14)19(17,25)20(21,22)23/h2-11,14,16,25H,1H3. The van der Waals surface area contributed by atoms with E-state index in [9.17, 15) is 18.3 Å². The summed E-state index contributed by atoms with van der Waals surface area (Å²) >= 11 is 0. The predicted octanol–water partition coefficient (Wildman–Crippen LogP) is 4.65. The number of hydrogen-bond donors (Lipinski definition) is 1. The molecule has 128 valence electrons. The van der Waals surface area contributed by atoms with Gasteiger partial charge in [0.25, 0.3) is 0 Å². The van der Waals surface area contributed by atoms with Gasteiger partial charge in [-0.05, 0) is 35.2 Å². The Kier molecular flexibility index (Phi) is 3.41. The molecule has 1 aromatic heterocycles. The molecule has 1 N–H and O–H groups in total. The molecule has 0 bridgehead atoms. The summed E-state index contributed by atoms with van der Waals surface area (Å²) in [5.41, 5.74) is -0.0141. The summed E-state index contributed by atoms with van der Waals surface area (Å²) in [5, 5.41) is 10.8. The van der Waals surface area contributed by atoms with Gasteiger partial charge in [-0.15, -0.1) is 0 Å². The molecule has 0 fully saturated rings. The van der Waals surface area contributed by atoms with Crippen LogP contribution in [-0.4, -0.2) is 16.3 Å². The molecule has 2 aliphatic carbocycles. The van der Waals surface area contributed by atoms with Gasteiger partial charge in [-0.3, -0.25) is 4.98 Å². The number of fused-ring (bicyclic) bond motifs is 3. The van der Waals surface area contributed by atoms with Crippen molar-refractivity contribution in [2.45, 2.75) is 24.6 Å². The molecular weight excluding hydrogens is 327 g/mol. The maximum absolute atomic E-state index is 13.9. The fraction of sp³-hybridized carbons (Fsp3) is 0.250. The maximum Gasteiger partial charge on any atom is 0.422 e. The molecule has 0 saturated carbocycles. The Morgan fingerprint density at radius 3 is 2.56 bits per heavy atom. The number of benzene rings is 1. The first-order valence-corrected chi connectivity index (χ1v) is 8.04. The van der Waals surface area contributed by atoms with Crippen LogP contribution in [0.2, 0.25) is 0 Å². The Morgan fingerprint density at radius 2 is 1.84 bits per heavy atom. The highest BCUT2D eigenvalue weighted by Crippen LogP contribution is 2.60. The maximum atomic E-state index is 13.9. The van der Waals surface area contributed by atoms with Crippen LogP contribution in [0.3, 0.4) is 0 Å². The lowest BCUT2D eigenvalue weighted by atomic mass is 9.80. The van der Waals surface area contributed by atoms with Crippen LogP contribution in [0.25, 0.3) is 11.1 Å². The second kappa shape index (κ2) is 5.30. The summed E-state index contributed by atoms with van der Waals surface area (Å²) in [6.45, 7) is 1.90. The molecular formula is C20H16F3NO. The quantitative estimate of drug-likeness (QED) is 0.818. The number of alkyl halides is 3. The topological polar surface area (TPSA) is 33.1 Å². The number of halogens is 3. The van der Waals surface area contributed by atoms with Crippen molar-refractivity contribution in [3.63, 3.8) is 0 Å². The molecule has 0 radical (unpaired) electrons. The zero-order chi connectivity index (χ0) is 17.8. The highest BCUT2D eigenvalue weighted by molar-refractivity contribution is 5.74. The van der Waals surface area contributed by atoms with Crippen molar-refractivity contribution >= 4 is 0 Å². The molecule has 1 heterocycles. The van der Waals surface area contributed by atoms with Crippen molar-refractivity contribution in [1.29, 1.82) is 0 Å². The summed E-state index contributed by atoms with van der Waals surface area (Å²) in [7, 11) is 0. The Bertz CT molecular complexity index is 900. The van der Waals surface area contributed by atoms with Crippen LogP contribution < -0.4 is 0 Å². The van der Waals surface area contributed by atoms with Gasteiger partial charge < -0.3 is 5.11 Å². The van der Waals surface area contributed by atoms with Gasteiger partial charge in [0.05, 0.1) is 0 Å². The molecule has 2 aromatic rings. The Balaban J connectivity index is 2.03. The molecule has 25 heavy (non-hydrogen) atoms. The van der Waals surface area contributed by atoms with Crippen LogP contribution in [0.4, 0.5) is 13.2 Å². The summed E-state index contributed by atoms with van der Waals surface area (Å²) in [4.78, 5) is 4.12. The van der Waals surface area contributed by atoms with Crippen LogP contribution in [0.5, 0.6) is 0 Å². The minimum absolute atomic E-state index is 0.0630. The van der Waals surface area contributed by atoms with Crippen LogP contribution >= 0.6 is 0 Å². The second-order valence-electron chi connectivity index (χ2n) is 6.54. The zero-order valence-corrected chi connectivity index (χ0v) is 13.5. The van der Waals surface area contributed by atoms with E-state index in [0.717, 1.165) is 11.1 Å². The van der Waals surface area contributed by atoms with E-state index < -0.39 is 23.6 Å². The molecule has 0 spiro atoms. The largest absolute Gasteiger partial charge is 0.422 e. The summed E-state index contributed by atoms with van der Waals surface area (Å²) < 4.78 is 41.7. The van der Waals surface area contributed by atoms with Gasteiger partial charge in [0.2, 0.25) is 0 Å². The monoisotopic (exact) mass is 343 g/mol. The smallest absolute Gasteiger partial charge is 0.376 e. The van der Waals surface area contributed by atoms with Gasteiger partial charge in [0.15, 0.2) is 5.60 Å². The molecule has 2 aliphatic rings. The van der Waals surface area contributed by atoms with E-state index in [-0.39, 0.29) is 5.56 Å². The molecule has 2 nitrogen and oxygen atoms in total. The third kappa shape index (κ3) is 2.12. The highest BCUT2D eigenvalue weighted by Gasteiger charge is 2.65. The van der Waals surface area contributed by atoms with E-state index in [1.54, 1.807) is 42.8 Å². The van der Waals surface area contributed by atoms with E-state index in [4.69, 9.17) is 0 Å². The van der Waals surface area contributed by atoms with Crippen molar-refractivity contribution in [3.8, 4) is 11.1 Å². The Labute approximate surface area is 143 Å². The second-order valence-corrected chi connectivity index (χ2v) is 6.54. The van der Waals surface area contributed by atoms with Crippen molar-refractivity contribution in [1.82, 2.24) is 4.98 Å². The van der Waals surface area contributed by atoms with E-state index in [0.29, 0.717) is 11.1 Å². The first kappa shape index (κ1) is 16.1. The van der Waals surface area contributed by atoms with Crippen LogP contribution in [0.1, 0.15) is 22.6 Å². The number of aryl methyl sites for hydroxylation is 1. The average molecular weight is 343 g/mol. The summed E-state index contributed by atoms with van der Waals surface area (Å²) in [5.74, 6) is -1.59. The van der Waals surface area contributed by atoms with Gasteiger partial charge in [-0.25, -0.2) is 0 Å². The average Bonchev–Trinajstić information content (AvgIpc) is 2.86. The fourth-order valence-corrected chi connectivity index (χ4v) is 4.04. The van der Waals surface area contributed by atoms with Crippen molar-refractivity contribution in [2.24, 2.45) is 5.92 Å². The normalized spacial score (nSPS) is 27.2. The Hall–Kier alpha value is -2.40. The number of aliphatic hydroxyl groups is 1. The predicted molar refractivity (Wildman–Crippen MR) is 88.9 cm³/mol. The first-order valence-electron chi connectivity index (χ1n) is 8.04. The third-order valence-corrected chi connectivity index (χ3v) is 5.23. The number of pyridine rings is 1. The van der Waals surface area contributed by atoms with Crippen LogP contribution in [-0.2, 0) is 5.60 Å². The molecule has 0 saturated heterocycles. The van der Waals surface area contributed by atoms with E-state index >= 15 is 0 Å². The van der Waals surface area contributed by atoms with E-state index in [1.807, 2.05) is 13.0 Å². The lowest BCUT2D eigenvalue weighted by Crippen LogP contribution is -2.46. The molecule has 3 unspecified atom stereocenters. The van der Waals surface area contributed by atoms with Gasteiger partial charge in [0.1, 0.15) is 0 Å². The fourth-order valence-electron chi connectivity index (χ4n) is 4.04. The van der Waals surface area contributed by atoms with Crippen molar-refractivity contribution in [3.05, 3.63) is 77.7 Å². The van der Waals surface area contributed by atoms with Gasteiger partial charge >= 0.3 is 6.18 Å². The number of rotatable bonds is 1. The minimum Gasteiger partial charge on any atom is -0.376 e. The van der Waals surface area contributed by atoms with Crippen LogP contribution in [0.15, 0.2) is 61.0 Å². The molecule has 3 atom stereocenters. The third-order valence-electron chi connectivity index (χ3n) is 5.23. The SMILES string of the molecule is Cc1ccncc1-c1cccc2c1C1C=CC=CC1C2(O)C(F)(F)F. The van der Waals surface area contributed by atoms with E-state index in [1.165, 1.54) is 12.1 Å². The lowest BCUT2D eigenvalue weighted by molar-refractivity contribution is -0.278. The Morgan fingerprint density at radius 1 is 1.08 bits per heavy atom. The molecule has 0 aliphatic heterocycles. The number of allylic oxidation sites excluding steroid dienone is 3. The number of hydrogen-bond acceptors (Lipinski definition) is 2. The van der Waals surface area contributed by atoms with Crippen LogP contribution in [0, 0.1) is 12.8 Å². The lowest BCUT2D eigenvalue weighted by Gasteiger charge is -2.33. The number of nitrogens with zero attached hydrogens (tertiary/aromatic N) is 1. The van der Waals surface area contributed by atoms with Gasteiger partial charge in [-0.2, -0.15) is 13.2 Å². The van der Waals surface area contributed by atoms with Crippen molar-refractivity contribution < 1.29 is 18.3 Å². The number of aromatic nitrogens is 1. The zero-order valence-electron chi connectivity index (χ0n) is 13.5. The molecule has 4 rings (SSSR count). The molecule has 5 heteroatoms. The van der Waals surface area contributed by atoms with Gasteiger partial charge in [0, 0.05) is 29.8 Å². The first-order chi connectivity index (χ1) is 11.9. The molecule has 1 aromatic carbocycles. The van der Waals surface area contributed by atoms with Gasteiger partial charge in [-0.1, -0.05) is 42.5 Å². The summed E-state index contributed by atoms with van der Waals surface area (Å²) in [6.07, 6.45) is 5.05. The molecule has 0 amide bonds. The highest BCUT2D eigenvalue weighted by atomic mass is 19.4. The van der Waals surface area contributed by atoms with E-state index in [2.05, 4.69) is 4.98 Å². The van der Waals surface area contributed by atoms with Crippen molar-refractivity contribution in [2.75, 3.05) is 0 Å². The summed E-state index contributed by atoms with van der Waals surface area (Å²) in [6, 6.07) is 6.59.